The molecule has 0 saturated carbocycles. The lowest BCUT2D eigenvalue weighted by Crippen LogP contribution is -2.37. The third kappa shape index (κ3) is 2.70. The Morgan fingerprint density at radius 3 is 2.62 bits per heavy atom. The molecule has 0 aliphatic heterocycles. The summed E-state index contributed by atoms with van der Waals surface area (Å²) in [5.74, 6) is -1.32. The number of esters is 1. The largest absolute Gasteiger partial charge is 0.465 e. The molecular formula is C16H14ClFN4O4. The van der Waals surface area contributed by atoms with Crippen LogP contribution in [0.2, 0.25) is 5.28 Å². The van der Waals surface area contributed by atoms with Crippen molar-refractivity contribution in [1.82, 2.24) is 18.7 Å². The lowest BCUT2D eigenvalue weighted by atomic mass is 10.1. The summed E-state index contributed by atoms with van der Waals surface area (Å²) in [5.41, 5.74) is -0.517. The molecule has 10 heteroatoms. The minimum atomic E-state index is -0.722. The highest BCUT2D eigenvalue weighted by molar-refractivity contribution is 6.29. The van der Waals surface area contributed by atoms with Crippen molar-refractivity contribution in [3.8, 4) is 0 Å². The highest BCUT2D eigenvalue weighted by Crippen LogP contribution is 2.20. The van der Waals surface area contributed by atoms with Crippen molar-refractivity contribution in [2.75, 3.05) is 7.11 Å². The van der Waals surface area contributed by atoms with Gasteiger partial charge in [-0.3, -0.25) is 13.9 Å². The average molecular weight is 381 g/mol. The van der Waals surface area contributed by atoms with Crippen LogP contribution in [-0.2, 0) is 25.4 Å². The molecule has 2 heterocycles. The Morgan fingerprint density at radius 2 is 1.96 bits per heavy atom. The topological polar surface area (TPSA) is 88.1 Å². The molecule has 3 aromatic rings. The molecule has 2 aromatic heterocycles. The van der Waals surface area contributed by atoms with E-state index in [-0.39, 0.29) is 28.6 Å². The molecule has 0 aliphatic rings. The molecule has 0 radical (unpaired) electrons. The number of ether oxygens (including phenoxy) is 1. The van der Waals surface area contributed by atoms with Crippen LogP contribution in [0, 0.1) is 5.82 Å². The molecular weight excluding hydrogens is 367 g/mol. The summed E-state index contributed by atoms with van der Waals surface area (Å²) in [7, 11) is 3.99. The predicted octanol–water partition coefficient (Wildman–Crippen LogP) is 1.06. The summed E-state index contributed by atoms with van der Waals surface area (Å²) in [5, 5.41) is -0.0431. The lowest BCUT2D eigenvalue weighted by Gasteiger charge is -2.11. The van der Waals surface area contributed by atoms with Gasteiger partial charge in [-0.15, -0.1) is 0 Å². The summed E-state index contributed by atoms with van der Waals surface area (Å²) in [6.45, 7) is -0.0342. The van der Waals surface area contributed by atoms with E-state index in [0.717, 1.165) is 10.6 Å². The first-order valence-electron chi connectivity index (χ1n) is 7.44. The number of benzene rings is 1. The monoisotopic (exact) mass is 380 g/mol. The summed E-state index contributed by atoms with van der Waals surface area (Å²) >= 11 is 6.16. The fraction of sp³-hybridized carbons (Fsp3) is 0.250. The average Bonchev–Trinajstić information content (AvgIpc) is 2.95. The van der Waals surface area contributed by atoms with Gasteiger partial charge in [0.1, 0.15) is 5.82 Å². The van der Waals surface area contributed by atoms with Gasteiger partial charge >= 0.3 is 11.7 Å². The third-order valence-electron chi connectivity index (χ3n) is 4.11. The van der Waals surface area contributed by atoms with Gasteiger partial charge in [0.05, 0.1) is 19.2 Å². The van der Waals surface area contributed by atoms with E-state index in [2.05, 4.69) is 9.72 Å². The number of nitrogens with zero attached hydrogens (tertiary/aromatic N) is 4. The molecule has 136 valence electrons. The van der Waals surface area contributed by atoms with Gasteiger partial charge in [0.25, 0.3) is 5.56 Å². The molecule has 0 bridgehead atoms. The zero-order chi connectivity index (χ0) is 19.2. The zero-order valence-electron chi connectivity index (χ0n) is 14.1. The summed E-state index contributed by atoms with van der Waals surface area (Å²) in [6, 6.07) is 3.63. The number of carbonyl (C=O) groups excluding carboxylic acids is 1. The highest BCUT2D eigenvalue weighted by atomic mass is 35.5. The van der Waals surface area contributed by atoms with E-state index in [1.807, 2.05) is 0 Å². The maximum atomic E-state index is 13.5. The second-order valence-corrected chi connectivity index (χ2v) is 5.98. The zero-order valence-corrected chi connectivity index (χ0v) is 14.9. The number of carbonyl (C=O) groups is 1. The number of hydrogen-bond donors (Lipinski definition) is 0. The Labute approximate surface area is 151 Å². The molecule has 26 heavy (non-hydrogen) atoms. The van der Waals surface area contributed by atoms with E-state index in [1.165, 1.54) is 42.5 Å². The molecule has 3 rings (SSSR count). The third-order valence-corrected chi connectivity index (χ3v) is 4.40. The van der Waals surface area contributed by atoms with Crippen molar-refractivity contribution in [2.45, 2.75) is 6.54 Å². The summed E-state index contributed by atoms with van der Waals surface area (Å²) in [6.07, 6.45) is 0. The number of methoxy groups -OCH3 is 1. The number of rotatable bonds is 3. The Morgan fingerprint density at radius 1 is 1.27 bits per heavy atom. The first kappa shape index (κ1) is 17.9. The lowest BCUT2D eigenvalue weighted by molar-refractivity contribution is 0.0599. The molecule has 0 N–H and O–H groups in total. The van der Waals surface area contributed by atoms with Crippen molar-refractivity contribution in [3.63, 3.8) is 0 Å². The standard InChI is InChI=1S/C16H14ClFN4O4/c1-20-12-11(13(23)21(2)16(20)25)22(15(17)19-12)7-8-4-5-9(18)6-10(8)14(24)26-3/h4-6H,7H2,1-3H3. The predicted molar refractivity (Wildman–Crippen MR) is 92.1 cm³/mol. The van der Waals surface area contributed by atoms with Gasteiger partial charge in [0, 0.05) is 14.1 Å². The molecule has 0 atom stereocenters. The van der Waals surface area contributed by atoms with Gasteiger partial charge in [-0.25, -0.2) is 14.0 Å². The van der Waals surface area contributed by atoms with Crippen LogP contribution in [0.3, 0.4) is 0 Å². The van der Waals surface area contributed by atoms with Crippen molar-refractivity contribution in [3.05, 3.63) is 61.3 Å². The second-order valence-electron chi connectivity index (χ2n) is 5.64. The van der Waals surface area contributed by atoms with Gasteiger partial charge in [-0.05, 0) is 29.3 Å². The quantitative estimate of drug-likeness (QED) is 0.501. The van der Waals surface area contributed by atoms with E-state index < -0.39 is 23.0 Å². The second kappa shape index (κ2) is 6.41. The molecule has 0 fully saturated rings. The summed E-state index contributed by atoms with van der Waals surface area (Å²) in [4.78, 5) is 40.6. The Balaban J connectivity index is 2.26. The molecule has 8 nitrogen and oxygen atoms in total. The van der Waals surface area contributed by atoms with Crippen LogP contribution in [0.5, 0.6) is 0 Å². The van der Waals surface area contributed by atoms with Crippen LogP contribution in [-0.4, -0.2) is 31.8 Å². The minimum Gasteiger partial charge on any atom is -0.465 e. The Bertz CT molecular complexity index is 1160. The van der Waals surface area contributed by atoms with E-state index in [4.69, 9.17) is 11.6 Å². The first-order chi connectivity index (χ1) is 12.3. The number of halogens is 2. The van der Waals surface area contributed by atoms with Gasteiger partial charge in [0.15, 0.2) is 11.2 Å². The van der Waals surface area contributed by atoms with Gasteiger partial charge in [-0.2, -0.15) is 4.98 Å². The number of hydrogen-bond acceptors (Lipinski definition) is 5. The van der Waals surface area contributed by atoms with Crippen LogP contribution in [0.4, 0.5) is 4.39 Å². The molecule has 0 amide bonds. The normalized spacial score (nSPS) is 11.1. The fourth-order valence-electron chi connectivity index (χ4n) is 2.72. The molecule has 0 unspecified atom stereocenters. The summed E-state index contributed by atoms with van der Waals surface area (Å²) < 4.78 is 21.7. The fourth-order valence-corrected chi connectivity index (χ4v) is 2.95. The number of aryl methyl sites for hydroxylation is 1. The van der Waals surface area contributed by atoms with Crippen molar-refractivity contribution in [1.29, 1.82) is 0 Å². The Kier molecular flexibility index (Phi) is 4.41. The van der Waals surface area contributed by atoms with E-state index in [0.29, 0.717) is 5.56 Å². The van der Waals surface area contributed by atoms with Crippen LogP contribution in [0.1, 0.15) is 15.9 Å². The van der Waals surface area contributed by atoms with Gasteiger partial charge in [-0.1, -0.05) is 6.07 Å². The van der Waals surface area contributed by atoms with Gasteiger partial charge < -0.3 is 9.30 Å². The van der Waals surface area contributed by atoms with Crippen LogP contribution < -0.4 is 11.2 Å². The number of aromatic nitrogens is 4. The minimum absolute atomic E-state index is 0.00654. The smallest absolute Gasteiger partial charge is 0.338 e. The number of fused-ring (bicyclic) bond motifs is 1. The van der Waals surface area contributed by atoms with Crippen LogP contribution in [0.15, 0.2) is 27.8 Å². The Hall–Kier alpha value is -2.94. The molecule has 1 aromatic carbocycles. The first-order valence-corrected chi connectivity index (χ1v) is 7.82. The van der Waals surface area contributed by atoms with E-state index in [9.17, 15) is 18.8 Å². The molecule has 0 spiro atoms. The SMILES string of the molecule is COC(=O)c1cc(F)ccc1Cn1c(Cl)nc2c1c(=O)n(C)c(=O)n2C. The molecule has 0 saturated heterocycles. The van der Waals surface area contributed by atoms with Crippen molar-refractivity contribution < 1.29 is 13.9 Å². The van der Waals surface area contributed by atoms with E-state index in [1.54, 1.807) is 0 Å². The van der Waals surface area contributed by atoms with Crippen molar-refractivity contribution >= 4 is 28.7 Å². The van der Waals surface area contributed by atoms with Crippen LogP contribution in [0.25, 0.3) is 11.2 Å². The number of imidazole rings is 1. The van der Waals surface area contributed by atoms with Gasteiger partial charge in [0.2, 0.25) is 5.28 Å². The molecule has 0 aliphatic carbocycles. The van der Waals surface area contributed by atoms with Crippen molar-refractivity contribution in [2.24, 2.45) is 14.1 Å². The maximum absolute atomic E-state index is 13.5. The maximum Gasteiger partial charge on any atom is 0.338 e. The highest BCUT2D eigenvalue weighted by Gasteiger charge is 2.20. The van der Waals surface area contributed by atoms with E-state index >= 15 is 0 Å². The van der Waals surface area contributed by atoms with Crippen LogP contribution >= 0.6 is 11.6 Å².